The maximum absolute atomic E-state index is 11.7. The average molecular weight is 306 g/mol. The Morgan fingerprint density at radius 3 is 2.86 bits per heavy atom. The minimum atomic E-state index is -0.152. The molecule has 21 heavy (non-hydrogen) atoms. The first kappa shape index (κ1) is 14.4. The summed E-state index contributed by atoms with van der Waals surface area (Å²) in [7, 11) is 1.86. The maximum Gasteiger partial charge on any atom is 0.222 e. The summed E-state index contributed by atoms with van der Waals surface area (Å²) in [5.41, 5.74) is 3.28. The Morgan fingerprint density at radius 2 is 2.19 bits per heavy atom. The molecule has 2 unspecified atom stereocenters. The summed E-state index contributed by atoms with van der Waals surface area (Å²) in [4.78, 5) is 18.2. The molecule has 1 aliphatic rings. The van der Waals surface area contributed by atoms with E-state index in [0.29, 0.717) is 6.42 Å². The molecule has 1 fully saturated rings. The molecule has 1 aliphatic heterocycles. The van der Waals surface area contributed by atoms with Crippen LogP contribution in [0.4, 0.5) is 0 Å². The third-order valence-electron chi connectivity index (χ3n) is 4.20. The number of hydrogen-bond donors (Lipinski definition) is 0. The second-order valence-corrected chi connectivity index (χ2v) is 6.57. The number of aryl methyl sites for hydroxylation is 1. The standard InChI is InChI=1S/C16H20ClN3O/c1-10-4-6-14-13(8-10)18-16(11(2)17)20(14)12-5-7-15(21)19(3)9-12/h4,6,8,11-12H,5,7,9H2,1-3H3. The van der Waals surface area contributed by atoms with Crippen molar-refractivity contribution in [3.05, 3.63) is 29.6 Å². The van der Waals surface area contributed by atoms with E-state index in [9.17, 15) is 4.79 Å². The van der Waals surface area contributed by atoms with Crippen LogP contribution in [0.15, 0.2) is 18.2 Å². The number of amides is 1. The number of aromatic nitrogens is 2. The lowest BCUT2D eigenvalue weighted by molar-refractivity contribution is -0.132. The van der Waals surface area contributed by atoms with Crippen LogP contribution in [0.5, 0.6) is 0 Å². The number of alkyl halides is 1. The van der Waals surface area contributed by atoms with Gasteiger partial charge in [-0.05, 0) is 38.0 Å². The molecule has 2 heterocycles. The van der Waals surface area contributed by atoms with Crippen molar-refractivity contribution in [3.8, 4) is 0 Å². The first-order valence-electron chi connectivity index (χ1n) is 7.34. The van der Waals surface area contributed by atoms with Crippen molar-refractivity contribution in [2.24, 2.45) is 0 Å². The van der Waals surface area contributed by atoms with E-state index < -0.39 is 0 Å². The fraction of sp³-hybridized carbons (Fsp3) is 0.500. The topological polar surface area (TPSA) is 38.1 Å². The number of carbonyl (C=O) groups excluding carboxylic acids is 1. The van der Waals surface area contributed by atoms with Gasteiger partial charge in [-0.2, -0.15) is 0 Å². The quantitative estimate of drug-likeness (QED) is 0.797. The molecule has 2 aromatic rings. The van der Waals surface area contributed by atoms with Crippen LogP contribution in [-0.2, 0) is 4.79 Å². The number of carbonyl (C=O) groups is 1. The van der Waals surface area contributed by atoms with E-state index >= 15 is 0 Å². The van der Waals surface area contributed by atoms with Gasteiger partial charge in [0.25, 0.3) is 0 Å². The molecule has 0 bridgehead atoms. The Labute approximate surface area is 129 Å². The second-order valence-electron chi connectivity index (χ2n) is 5.91. The van der Waals surface area contributed by atoms with Gasteiger partial charge in [-0.15, -0.1) is 11.6 Å². The molecular formula is C16H20ClN3O. The van der Waals surface area contributed by atoms with Crippen molar-refractivity contribution in [3.63, 3.8) is 0 Å². The van der Waals surface area contributed by atoms with Crippen LogP contribution in [-0.4, -0.2) is 34.0 Å². The summed E-state index contributed by atoms with van der Waals surface area (Å²) < 4.78 is 2.23. The number of piperidine rings is 1. The molecular weight excluding hydrogens is 286 g/mol. The van der Waals surface area contributed by atoms with Crippen LogP contribution in [0.3, 0.4) is 0 Å². The first-order valence-corrected chi connectivity index (χ1v) is 7.77. The van der Waals surface area contributed by atoms with E-state index in [-0.39, 0.29) is 17.3 Å². The zero-order valence-electron chi connectivity index (χ0n) is 12.6. The molecule has 1 amide bonds. The maximum atomic E-state index is 11.7. The molecule has 5 heteroatoms. The Morgan fingerprint density at radius 1 is 1.43 bits per heavy atom. The van der Waals surface area contributed by atoms with Gasteiger partial charge in [0.05, 0.1) is 22.5 Å². The third-order valence-corrected chi connectivity index (χ3v) is 4.39. The lowest BCUT2D eigenvalue weighted by Crippen LogP contribution is -2.38. The summed E-state index contributed by atoms with van der Waals surface area (Å²) in [6.45, 7) is 4.73. The zero-order chi connectivity index (χ0) is 15.1. The number of hydrogen-bond acceptors (Lipinski definition) is 2. The van der Waals surface area contributed by atoms with Crippen molar-refractivity contribution >= 4 is 28.5 Å². The predicted octanol–water partition coefficient (Wildman–Crippen LogP) is 3.44. The van der Waals surface area contributed by atoms with Gasteiger partial charge in [-0.25, -0.2) is 4.98 Å². The number of rotatable bonds is 2. The van der Waals surface area contributed by atoms with E-state index in [1.165, 1.54) is 5.56 Å². The molecule has 2 atom stereocenters. The molecule has 1 saturated heterocycles. The van der Waals surface area contributed by atoms with E-state index in [1.54, 1.807) is 4.90 Å². The molecule has 1 aromatic carbocycles. The molecule has 0 spiro atoms. The molecule has 0 aliphatic carbocycles. The van der Waals surface area contributed by atoms with Crippen molar-refractivity contribution in [2.75, 3.05) is 13.6 Å². The molecule has 3 rings (SSSR count). The Balaban J connectivity index is 2.11. The fourth-order valence-electron chi connectivity index (χ4n) is 3.09. The van der Waals surface area contributed by atoms with Gasteiger partial charge in [-0.3, -0.25) is 4.79 Å². The van der Waals surface area contributed by atoms with Crippen LogP contribution in [0.25, 0.3) is 11.0 Å². The highest BCUT2D eigenvalue weighted by atomic mass is 35.5. The highest BCUT2D eigenvalue weighted by molar-refractivity contribution is 6.20. The number of imidazole rings is 1. The Kier molecular flexibility index (Phi) is 3.66. The van der Waals surface area contributed by atoms with Gasteiger partial charge >= 0.3 is 0 Å². The number of likely N-dealkylation sites (tertiary alicyclic amines) is 1. The van der Waals surface area contributed by atoms with Gasteiger partial charge < -0.3 is 9.47 Å². The van der Waals surface area contributed by atoms with Gasteiger partial charge in [0.1, 0.15) is 5.82 Å². The first-order chi connectivity index (χ1) is 9.97. The van der Waals surface area contributed by atoms with Crippen molar-refractivity contribution in [1.82, 2.24) is 14.5 Å². The summed E-state index contributed by atoms with van der Waals surface area (Å²) in [6, 6.07) is 6.54. The smallest absolute Gasteiger partial charge is 0.222 e. The van der Waals surface area contributed by atoms with Gasteiger partial charge in [-0.1, -0.05) is 6.07 Å². The molecule has 1 aromatic heterocycles. The average Bonchev–Trinajstić information content (AvgIpc) is 2.80. The van der Waals surface area contributed by atoms with Crippen LogP contribution in [0.2, 0.25) is 0 Å². The highest BCUT2D eigenvalue weighted by Crippen LogP contribution is 2.32. The number of likely N-dealkylation sites (N-methyl/N-ethyl adjacent to an activating group) is 1. The van der Waals surface area contributed by atoms with Gasteiger partial charge in [0.2, 0.25) is 5.91 Å². The van der Waals surface area contributed by atoms with Crippen LogP contribution in [0, 0.1) is 6.92 Å². The SMILES string of the molecule is Cc1ccc2c(c1)nc(C(C)Cl)n2C1CCC(=O)N(C)C1. The summed E-state index contributed by atoms with van der Waals surface area (Å²) in [5.74, 6) is 1.11. The van der Waals surface area contributed by atoms with Crippen molar-refractivity contribution in [2.45, 2.75) is 38.1 Å². The minimum Gasteiger partial charge on any atom is -0.344 e. The van der Waals surface area contributed by atoms with Gasteiger partial charge in [0, 0.05) is 20.0 Å². The van der Waals surface area contributed by atoms with Crippen LogP contribution >= 0.6 is 11.6 Å². The fourth-order valence-corrected chi connectivity index (χ4v) is 3.25. The van der Waals surface area contributed by atoms with E-state index in [4.69, 9.17) is 16.6 Å². The minimum absolute atomic E-state index is 0.152. The van der Waals surface area contributed by atoms with Crippen LogP contribution < -0.4 is 0 Å². The number of halogens is 1. The molecule has 112 valence electrons. The Bertz CT molecular complexity index is 692. The second kappa shape index (κ2) is 5.34. The molecule has 0 radical (unpaired) electrons. The number of benzene rings is 1. The largest absolute Gasteiger partial charge is 0.344 e. The molecule has 0 saturated carbocycles. The zero-order valence-corrected chi connectivity index (χ0v) is 13.4. The molecule has 0 N–H and O–H groups in total. The lowest BCUT2D eigenvalue weighted by Gasteiger charge is -2.32. The lowest BCUT2D eigenvalue weighted by atomic mass is 10.0. The van der Waals surface area contributed by atoms with Crippen molar-refractivity contribution in [1.29, 1.82) is 0 Å². The number of fused-ring (bicyclic) bond motifs is 1. The molecule has 4 nitrogen and oxygen atoms in total. The van der Waals surface area contributed by atoms with E-state index in [1.807, 2.05) is 14.0 Å². The monoisotopic (exact) mass is 305 g/mol. The van der Waals surface area contributed by atoms with Gasteiger partial charge in [0.15, 0.2) is 0 Å². The number of nitrogens with zero attached hydrogens (tertiary/aromatic N) is 3. The van der Waals surface area contributed by atoms with Crippen molar-refractivity contribution < 1.29 is 4.79 Å². The Hall–Kier alpha value is -1.55. The third kappa shape index (κ3) is 2.53. The van der Waals surface area contributed by atoms with E-state index in [2.05, 4.69) is 29.7 Å². The predicted molar refractivity (Wildman–Crippen MR) is 84.6 cm³/mol. The van der Waals surface area contributed by atoms with E-state index in [0.717, 1.165) is 29.8 Å². The van der Waals surface area contributed by atoms with Crippen LogP contribution in [0.1, 0.15) is 42.6 Å². The summed E-state index contributed by atoms with van der Waals surface area (Å²) >= 11 is 6.34. The highest BCUT2D eigenvalue weighted by Gasteiger charge is 2.28. The summed E-state index contributed by atoms with van der Waals surface area (Å²) in [6.07, 6.45) is 1.43. The summed E-state index contributed by atoms with van der Waals surface area (Å²) in [5, 5.41) is -0.152. The normalized spacial score (nSPS) is 21.0.